The molecule has 0 aliphatic heterocycles. The van der Waals surface area contributed by atoms with Gasteiger partial charge < -0.3 is 15.4 Å². The summed E-state index contributed by atoms with van der Waals surface area (Å²) in [5.74, 6) is 2.14. The largest absolute Gasteiger partial charge is 0.374 e. The lowest BCUT2D eigenvalue weighted by Gasteiger charge is -2.11. The standard InChI is InChI=1S/C15H19BrN4O/c1-4-21-9-15-19-13(17-3)8-14(20-15)18-11-6-5-10(2)12(16)7-11/h5-8H,4,9H2,1-3H3,(H2,17,18,19,20). The summed E-state index contributed by atoms with van der Waals surface area (Å²) in [5, 5.41) is 6.32. The normalized spacial score (nSPS) is 10.5. The Labute approximate surface area is 133 Å². The van der Waals surface area contributed by atoms with Crippen molar-refractivity contribution < 1.29 is 4.74 Å². The SMILES string of the molecule is CCOCc1nc(NC)cc(Nc2ccc(C)c(Br)c2)n1. The fourth-order valence-corrected chi connectivity index (χ4v) is 2.14. The van der Waals surface area contributed by atoms with Crippen molar-refractivity contribution in [1.29, 1.82) is 0 Å². The molecule has 21 heavy (non-hydrogen) atoms. The number of rotatable bonds is 6. The topological polar surface area (TPSA) is 59.1 Å². The van der Waals surface area contributed by atoms with Gasteiger partial charge in [-0.15, -0.1) is 0 Å². The van der Waals surface area contributed by atoms with Crippen LogP contribution in [0.1, 0.15) is 18.3 Å². The van der Waals surface area contributed by atoms with E-state index in [1.165, 1.54) is 5.56 Å². The third-order valence-electron chi connectivity index (χ3n) is 2.91. The number of aromatic nitrogens is 2. The average molecular weight is 351 g/mol. The lowest BCUT2D eigenvalue weighted by molar-refractivity contribution is 0.128. The third-order valence-corrected chi connectivity index (χ3v) is 3.76. The summed E-state index contributed by atoms with van der Waals surface area (Å²) in [5.41, 5.74) is 2.16. The minimum atomic E-state index is 0.401. The Kier molecular flexibility index (Phi) is 5.52. The molecule has 112 valence electrons. The van der Waals surface area contributed by atoms with Crippen molar-refractivity contribution in [1.82, 2.24) is 9.97 Å². The van der Waals surface area contributed by atoms with Crippen LogP contribution in [0.3, 0.4) is 0 Å². The van der Waals surface area contributed by atoms with E-state index in [1.807, 2.05) is 38.2 Å². The van der Waals surface area contributed by atoms with Crippen LogP contribution < -0.4 is 10.6 Å². The van der Waals surface area contributed by atoms with Gasteiger partial charge in [-0.1, -0.05) is 22.0 Å². The number of halogens is 1. The number of nitrogens with zero attached hydrogens (tertiary/aromatic N) is 2. The summed E-state index contributed by atoms with van der Waals surface area (Å²) in [4.78, 5) is 8.83. The molecule has 0 radical (unpaired) electrons. The predicted octanol–water partition coefficient (Wildman–Crippen LogP) is 3.87. The third kappa shape index (κ3) is 4.41. The number of aryl methyl sites for hydroxylation is 1. The molecule has 0 saturated carbocycles. The second-order valence-corrected chi connectivity index (χ2v) is 5.39. The first-order chi connectivity index (χ1) is 10.1. The predicted molar refractivity (Wildman–Crippen MR) is 89.1 cm³/mol. The number of anilines is 3. The Morgan fingerprint density at radius 3 is 2.62 bits per heavy atom. The number of nitrogens with one attached hydrogen (secondary N) is 2. The zero-order chi connectivity index (χ0) is 15.2. The highest BCUT2D eigenvalue weighted by Crippen LogP contribution is 2.23. The summed E-state index contributed by atoms with van der Waals surface area (Å²) in [7, 11) is 1.83. The first-order valence-corrected chi connectivity index (χ1v) is 7.58. The lowest BCUT2D eigenvalue weighted by atomic mass is 10.2. The molecule has 0 spiro atoms. The molecule has 0 bridgehead atoms. The van der Waals surface area contributed by atoms with Crippen LogP contribution in [0.4, 0.5) is 17.3 Å². The van der Waals surface area contributed by atoms with Crippen molar-refractivity contribution in [3.63, 3.8) is 0 Å². The second kappa shape index (κ2) is 7.38. The molecule has 1 aromatic carbocycles. The molecule has 0 fully saturated rings. The molecule has 1 heterocycles. The Morgan fingerprint density at radius 2 is 1.95 bits per heavy atom. The van der Waals surface area contributed by atoms with Crippen LogP contribution in [0, 0.1) is 6.92 Å². The van der Waals surface area contributed by atoms with Crippen LogP contribution in [-0.2, 0) is 11.3 Å². The molecular weight excluding hydrogens is 332 g/mol. The molecule has 1 aromatic heterocycles. The molecular formula is C15H19BrN4O. The fraction of sp³-hybridized carbons (Fsp3) is 0.333. The van der Waals surface area contributed by atoms with E-state index in [4.69, 9.17) is 4.74 Å². The van der Waals surface area contributed by atoms with Gasteiger partial charge in [0.1, 0.15) is 18.2 Å². The number of hydrogen-bond donors (Lipinski definition) is 2. The number of ether oxygens (including phenoxy) is 1. The summed E-state index contributed by atoms with van der Waals surface area (Å²) < 4.78 is 6.43. The van der Waals surface area contributed by atoms with Crippen LogP contribution in [0.5, 0.6) is 0 Å². The average Bonchev–Trinajstić information content (AvgIpc) is 2.48. The monoisotopic (exact) mass is 350 g/mol. The van der Waals surface area contributed by atoms with Crippen LogP contribution in [0.2, 0.25) is 0 Å². The van der Waals surface area contributed by atoms with E-state index in [1.54, 1.807) is 0 Å². The Bertz CT molecular complexity index is 619. The summed E-state index contributed by atoms with van der Waals surface area (Å²) in [6, 6.07) is 7.96. The van der Waals surface area contributed by atoms with Crippen LogP contribution in [0.15, 0.2) is 28.7 Å². The molecule has 0 aliphatic carbocycles. The first-order valence-electron chi connectivity index (χ1n) is 6.79. The van der Waals surface area contributed by atoms with E-state index in [9.17, 15) is 0 Å². The summed E-state index contributed by atoms with van der Waals surface area (Å²) in [6.45, 7) is 5.04. The van der Waals surface area contributed by atoms with E-state index in [-0.39, 0.29) is 0 Å². The quantitative estimate of drug-likeness (QED) is 0.827. The molecule has 0 saturated heterocycles. The lowest BCUT2D eigenvalue weighted by Crippen LogP contribution is -2.05. The van der Waals surface area contributed by atoms with E-state index in [0.717, 1.165) is 21.8 Å². The van der Waals surface area contributed by atoms with Gasteiger partial charge in [-0.05, 0) is 31.5 Å². The number of hydrogen-bond acceptors (Lipinski definition) is 5. The maximum Gasteiger partial charge on any atom is 0.158 e. The van der Waals surface area contributed by atoms with E-state index >= 15 is 0 Å². The fourth-order valence-electron chi connectivity index (χ4n) is 1.77. The molecule has 0 unspecified atom stereocenters. The molecule has 0 aliphatic rings. The maximum atomic E-state index is 5.37. The molecule has 5 nitrogen and oxygen atoms in total. The van der Waals surface area contributed by atoms with E-state index < -0.39 is 0 Å². The maximum absolute atomic E-state index is 5.37. The van der Waals surface area contributed by atoms with Crippen molar-refractivity contribution in [2.75, 3.05) is 24.3 Å². The highest BCUT2D eigenvalue weighted by Gasteiger charge is 2.05. The van der Waals surface area contributed by atoms with Gasteiger partial charge in [-0.3, -0.25) is 0 Å². The first kappa shape index (κ1) is 15.7. The summed E-state index contributed by atoms with van der Waals surface area (Å²) >= 11 is 3.53. The van der Waals surface area contributed by atoms with Crippen molar-refractivity contribution in [2.24, 2.45) is 0 Å². The summed E-state index contributed by atoms with van der Waals surface area (Å²) in [6.07, 6.45) is 0. The van der Waals surface area contributed by atoms with Crippen molar-refractivity contribution in [3.05, 3.63) is 40.1 Å². The molecule has 2 rings (SSSR count). The van der Waals surface area contributed by atoms with Crippen molar-refractivity contribution >= 4 is 33.3 Å². The van der Waals surface area contributed by atoms with Gasteiger partial charge in [0.15, 0.2) is 5.82 Å². The van der Waals surface area contributed by atoms with Crippen LogP contribution in [-0.4, -0.2) is 23.6 Å². The molecule has 2 aromatic rings. The Balaban J connectivity index is 2.23. The van der Waals surface area contributed by atoms with Crippen molar-refractivity contribution in [3.8, 4) is 0 Å². The van der Waals surface area contributed by atoms with Gasteiger partial charge in [0.25, 0.3) is 0 Å². The minimum absolute atomic E-state index is 0.401. The van der Waals surface area contributed by atoms with Gasteiger partial charge in [0.05, 0.1) is 0 Å². The van der Waals surface area contributed by atoms with Gasteiger partial charge in [0, 0.05) is 29.9 Å². The van der Waals surface area contributed by atoms with Crippen molar-refractivity contribution in [2.45, 2.75) is 20.5 Å². The zero-order valence-corrected chi connectivity index (χ0v) is 14.0. The minimum Gasteiger partial charge on any atom is -0.374 e. The molecule has 2 N–H and O–H groups in total. The number of benzene rings is 1. The van der Waals surface area contributed by atoms with Gasteiger partial charge in [0.2, 0.25) is 0 Å². The zero-order valence-electron chi connectivity index (χ0n) is 12.4. The Hall–Kier alpha value is -1.66. The van der Waals surface area contributed by atoms with E-state index in [2.05, 4.69) is 43.5 Å². The van der Waals surface area contributed by atoms with Gasteiger partial charge >= 0.3 is 0 Å². The van der Waals surface area contributed by atoms with Gasteiger partial charge in [-0.25, -0.2) is 9.97 Å². The molecule has 0 amide bonds. The van der Waals surface area contributed by atoms with Gasteiger partial charge in [-0.2, -0.15) is 0 Å². The van der Waals surface area contributed by atoms with Crippen LogP contribution >= 0.6 is 15.9 Å². The van der Waals surface area contributed by atoms with E-state index in [0.29, 0.717) is 19.0 Å². The second-order valence-electron chi connectivity index (χ2n) is 4.53. The molecule has 6 heteroatoms. The highest BCUT2D eigenvalue weighted by atomic mass is 79.9. The van der Waals surface area contributed by atoms with Crippen LogP contribution in [0.25, 0.3) is 0 Å². The smallest absolute Gasteiger partial charge is 0.158 e. The highest BCUT2D eigenvalue weighted by molar-refractivity contribution is 9.10. The molecule has 0 atom stereocenters. The Morgan fingerprint density at radius 1 is 1.19 bits per heavy atom.